The topological polar surface area (TPSA) is 45.8 Å². The molecule has 0 fully saturated rings. The first-order valence-electron chi connectivity index (χ1n) is 6.43. The largest absolute Gasteiger partial charge is 0.306 e. The van der Waals surface area contributed by atoms with Gasteiger partial charge in [0.25, 0.3) is 5.56 Å². The molecule has 5 heteroatoms. The fourth-order valence-electron chi connectivity index (χ4n) is 2.44. The molecule has 1 aromatic heterocycles. The number of aromatic nitrogens is 2. The average Bonchev–Trinajstić information content (AvgIpc) is 2.41. The molecule has 0 aliphatic carbocycles. The van der Waals surface area contributed by atoms with Crippen LogP contribution in [0, 0.1) is 25.5 Å². The maximum absolute atomic E-state index is 13.3. The molecular formula is C16H12F2N2O. The Morgan fingerprint density at radius 1 is 1.05 bits per heavy atom. The highest BCUT2D eigenvalue weighted by Gasteiger charge is 2.13. The van der Waals surface area contributed by atoms with Crippen LogP contribution >= 0.6 is 0 Å². The molecule has 0 spiro atoms. The first-order chi connectivity index (χ1) is 9.97. The van der Waals surface area contributed by atoms with Crippen molar-refractivity contribution in [2.24, 2.45) is 0 Å². The predicted molar refractivity (Wildman–Crippen MR) is 77.2 cm³/mol. The fourth-order valence-corrected chi connectivity index (χ4v) is 2.44. The molecule has 1 heterocycles. The maximum atomic E-state index is 13.3. The summed E-state index contributed by atoms with van der Waals surface area (Å²) in [4.78, 5) is 19.0. The number of hydrogen-bond donors (Lipinski definition) is 1. The van der Waals surface area contributed by atoms with Gasteiger partial charge in [0.05, 0.1) is 10.9 Å². The van der Waals surface area contributed by atoms with E-state index in [0.717, 1.165) is 28.8 Å². The Kier molecular flexibility index (Phi) is 3.05. The quantitative estimate of drug-likeness (QED) is 0.744. The Morgan fingerprint density at radius 3 is 2.33 bits per heavy atom. The monoisotopic (exact) mass is 286 g/mol. The van der Waals surface area contributed by atoms with Crippen LogP contribution in [0.4, 0.5) is 8.78 Å². The molecule has 0 unspecified atom stereocenters. The molecule has 0 saturated carbocycles. The van der Waals surface area contributed by atoms with Crippen LogP contribution < -0.4 is 5.56 Å². The van der Waals surface area contributed by atoms with Gasteiger partial charge >= 0.3 is 0 Å². The number of nitrogens with one attached hydrogen (secondary N) is 1. The summed E-state index contributed by atoms with van der Waals surface area (Å²) in [5.41, 5.74) is 2.33. The maximum Gasteiger partial charge on any atom is 0.259 e. The van der Waals surface area contributed by atoms with E-state index in [0.29, 0.717) is 5.82 Å². The molecule has 0 bridgehead atoms. The van der Waals surface area contributed by atoms with E-state index in [1.807, 2.05) is 32.0 Å². The molecule has 0 amide bonds. The summed E-state index contributed by atoms with van der Waals surface area (Å²) in [6.45, 7) is 3.80. The molecule has 0 aliphatic rings. The van der Waals surface area contributed by atoms with Crippen LogP contribution in [-0.2, 0) is 0 Å². The normalized spacial score (nSPS) is 11.0. The highest BCUT2D eigenvalue weighted by Crippen LogP contribution is 2.24. The summed E-state index contributed by atoms with van der Waals surface area (Å²) in [5, 5.41) is 0.0314. The minimum Gasteiger partial charge on any atom is -0.306 e. The van der Waals surface area contributed by atoms with E-state index in [1.165, 1.54) is 0 Å². The van der Waals surface area contributed by atoms with Gasteiger partial charge in [0.15, 0.2) is 11.6 Å². The van der Waals surface area contributed by atoms with Crippen LogP contribution in [0.15, 0.2) is 35.1 Å². The zero-order valence-corrected chi connectivity index (χ0v) is 11.5. The van der Waals surface area contributed by atoms with Crippen LogP contribution in [0.3, 0.4) is 0 Å². The summed E-state index contributed by atoms with van der Waals surface area (Å²) >= 11 is 0. The molecule has 1 N–H and O–H groups in total. The zero-order chi connectivity index (χ0) is 15.1. The second-order valence-electron chi connectivity index (χ2n) is 4.96. The third kappa shape index (κ3) is 2.20. The van der Waals surface area contributed by atoms with Gasteiger partial charge in [-0.2, -0.15) is 0 Å². The first kappa shape index (κ1) is 13.4. The first-order valence-corrected chi connectivity index (χ1v) is 6.43. The summed E-state index contributed by atoms with van der Waals surface area (Å²) in [5.74, 6) is -1.73. The van der Waals surface area contributed by atoms with Gasteiger partial charge < -0.3 is 4.98 Å². The van der Waals surface area contributed by atoms with Gasteiger partial charge in [0.1, 0.15) is 5.82 Å². The van der Waals surface area contributed by atoms with E-state index in [1.54, 1.807) is 0 Å². The Balaban J connectivity index is 2.36. The van der Waals surface area contributed by atoms with Crippen LogP contribution in [0.2, 0.25) is 0 Å². The lowest BCUT2D eigenvalue weighted by Crippen LogP contribution is -2.11. The molecule has 0 saturated heterocycles. The number of hydrogen-bond acceptors (Lipinski definition) is 2. The smallest absolute Gasteiger partial charge is 0.259 e. The van der Waals surface area contributed by atoms with Gasteiger partial charge in [-0.3, -0.25) is 4.79 Å². The van der Waals surface area contributed by atoms with E-state index in [4.69, 9.17) is 0 Å². The van der Waals surface area contributed by atoms with Crippen LogP contribution in [0.1, 0.15) is 11.1 Å². The number of rotatable bonds is 1. The number of aromatic amines is 1. The molecule has 0 atom stereocenters. The second-order valence-corrected chi connectivity index (χ2v) is 4.96. The van der Waals surface area contributed by atoms with Crippen LogP contribution in [0.25, 0.3) is 22.3 Å². The van der Waals surface area contributed by atoms with E-state index >= 15 is 0 Å². The number of halogens is 2. The molecule has 3 nitrogen and oxygen atoms in total. The van der Waals surface area contributed by atoms with Crippen molar-refractivity contribution in [2.75, 3.05) is 0 Å². The lowest BCUT2D eigenvalue weighted by Gasteiger charge is -2.09. The second kappa shape index (κ2) is 4.77. The Morgan fingerprint density at radius 2 is 1.67 bits per heavy atom. The van der Waals surface area contributed by atoms with E-state index in [2.05, 4.69) is 9.97 Å². The molecule has 3 aromatic rings. The molecule has 0 radical (unpaired) electrons. The van der Waals surface area contributed by atoms with Crippen molar-refractivity contribution in [3.8, 4) is 11.4 Å². The fraction of sp³-hybridized carbons (Fsp3) is 0.125. The third-order valence-corrected chi connectivity index (χ3v) is 3.47. The molecule has 21 heavy (non-hydrogen) atoms. The summed E-state index contributed by atoms with van der Waals surface area (Å²) < 4.78 is 26.6. The van der Waals surface area contributed by atoms with Crippen molar-refractivity contribution in [1.82, 2.24) is 9.97 Å². The van der Waals surface area contributed by atoms with Crippen molar-refractivity contribution < 1.29 is 8.78 Å². The average molecular weight is 286 g/mol. The minimum atomic E-state index is -1.06. The molecule has 106 valence electrons. The summed E-state index contributed by atoms with van der Waals surface area (Å²) in [6, 6.07) is 7.51. The molecule has 0 aliphatic heterocycles. The highest BCUT2D eigenvalue weighted by atomic mass is 19.2. The lowest BCUT2D eigenvalue weighted by atomic mass is 10.0. The number of fused-ring (bicyclic) bond motifs is 1. The van der Waals surface area contributed by atoms with Crippen molar-refractivity contribution >= 4 is 10.9 Å². The number of nitrogens with zero attached hydrogens (tertiary/aromatic N) is 1. The molecule has 3 rings (SSSR count). The Labute approximate surface area is 119 Å². The SMILES string of the molecule is Cc1cccc(C)c1-c1nc2cc(F)c(F)cc2c(=O)[nH]1. The van der Waals surface area contributed by atoms with Crippen molar-refractivity contribution in [3.05, 3.63) is 63.4 Å². The van der Waals surface area contributed by atoms with Crippen molar-refractivity contribution in [1.29, 1.82) is 0 Å². The van der Waals surface area contributed by atoms with E-state index in [-0.39, 0.29) is 10.9 Å². The minimum absolute atomic E-state index is 0.0314. The molecule has 2 aromatic carbocycles. The Hall–Kier alpha value is -2.56. The standard InChI is InChI=1S/C16H12F2N2O/c1-8-4-3-5-9(2)14(8)15-19-13-7-12(18)11(17)6-10(13)16(21)20-15/h3-7H,1-2H3,(H,19,20,21). The predicted octanol–water partition coefficient (Wildman–Crippen LogP) is 3.49. The number of aryl methyl sites for hydroxylation is 2. The highest BCUT2D eigenvalue weighted by molar-refractivity contribution is 5.80. The summed E-state index contributed by atoms with van der Waals surface area (Å²) in [7, 11) is 0. The number of benzene rings is 2. The van der Waals surface area contributed by atoms with Crippen molar-refractivity contribution in [2.45, 2.75) is 13.8 Å². The summed E-state index contributed by atoms with van der Waals surface area (Å²) in [6.07, 6.45) is 0. The van der Waals surface area contributed by atoms with Gasteiger partial charge in [-0.05, 0) is 31.0 Å². The lowest BCUT2D eigenvalue weighted by molar-refractivity contribution is 0.510. The van der Waals surface area contributed by atoms with Gasteiger partial charge in [-0.1, -0.05) is 18.2 Å². The van der Waals surface area contributed by atoms with Gasteiger partial charge in [0.2, 0.25) is 0 Å². The van der Waals surface area contributed by atoms with E-state index < -0.39 is 17.2 Å². The Bertz CT molecular complexity index is 896. The number of H-pyrrole nitrogens is 1. The van der Waals surface area contributed by atoms with Crippen LogP contribution in [0.5, 0.6) is 0 Å². The van der Waals surface area contributed by atoms with E-state index in [9.17, 15) is 13.6 Å². The van der Waals surface area contributed by atoms with Crippen LogP contribution in [-0.4, -0.2) is 9.97 Å². The van der Waals surface area contributed by atoms with Gasteiger partial charge in [-0.25, -0.2) is 13.8 Å². The zero-order valence-electron chi connectivity index (χ0n) is 11.5. The van der Waals surface area contributed by atoms with Crippen molar-refractivity contribution in [3.63, 3.8) is 0 Å². The third-order valence-electron chi connectivity index (χ3n) is 3.47. The van der Waals surface area contributed by atoms with Gasteiger partial charge in [-0.15, -0.1) is 0 Å². The molecular weight excluding hydrogens is 274 g/mol. The van der Waals surface area contributed by atoms with Gasteiger partial charge in [0, 0.05) is 11.6 Å².